The summed E-state index contributed by atoms with van der Waals surface area (Å²) in [5.41, 5.74) is 2.53. The summed E-state index contributed by atoms with van der Waals surface area (Å²) in [6.07, 6.45) is 40.2. The first-order valence-electron chi connectivity index (χ1n) is 39.6. The minimum Gasteiger partial charge on any atom is -0.486 e. The Morgan fingerprint density at radius 1 is 0.392 bits per heavy atom. The van der Waals surface area contributed by atoms with E-state index in [9.17, 15) is 0 Å². The van der Waals surface area contributed by atoms with Crippen LogP contribution < -0.4 is 0 Å². The molecule has 4 nitrogen and oxygen atoms in total. The van der Waals surface area contributed by atoms with Crippen molar-refractivity contribution in [2.45, 2.75) is 349 Å². The Morgan fingerprint density at radius 2 is 0.639 bits per heavy atom. The first-order valence-corrected chi connectivity index (χ1v) is 45.6. The summed E-state index contributed by atoms with van der Waals surface area (Å²) in [6, 6.07) is 4.44. The van der Waals surface area contributed by atoms with Crippen LogP contribution in [-0.4, -0.2) is 17.1 Å². The normalized spacial score (nSPS) is 21.9. The van der Waals surface area contributed by atoms with Gasteiger partial charge in [0.15, 0.2) is 11.6 Å². The van der Waals surface area contributed by atoms with Crippen LogP contribution in [0.1, 0.15) is 350 Å². The largest absolute Gasteiger partial charge is 0.486 e. The van der Waals surface area contributed by atoms with Crippen LogP contribution in [0, 0.1) is 82.6 Å². The van der Waals surface area contributed by atoms with E-state index < -0.39 is 22.8 Å². The maximum Gasteiger partial charge on any atom is 0.170 e. The Kier molecular flexibility index (Phi) is 33.2. The quantitative estimate of drug-likeness (QED) is 0.0411. The third-order valence-electron chi connectivity index (χ3n) is 22.9. The Balaban J connectivity index is 1.12. The number of benzene rings is 1. The summed E-state index contributed by atoms with van der Waals surface area (Å²) in [5.74, 6) is 8.71. The monoisotopic (exact) mass is 1560 g/mol. The lowest BCUT2D eigenvalue weighted by atomic mass is 9.78. The number of nitrogens with zero attached hydrogens (tertiary/aromatic N) is 2. The molecule has 0 amide bonds. The van der Waals surface area contributed by atoms with Crippen LogP contribution >= 0.6 is 89.8 Å². The molecule has 8 rings (SSSR count). The van der Waals surface area contributed by atoms with Gasteiger partial charge in [0.1, 0.15) is 33.8 Å². The molecule has 97 heavy (non-hydrogen) atoms. The Morgan fingerprint density at radius 3 is 0.897 bits per heavy atom. The SMILES string of the molecule is CC(C)CCCC(C)CCCC(C)CCC1(CCC(C)CCCC(C)CCCC(C)C)OC2=C(SC(Br)C2)c2sc(-c3c(F)c(F)c(-c4cc5c(s4)C4=C(CC(Br)S4)OC5(CCC(C)CCCC(C)CCCC(C)C)CCC(C)CCCC(C)CCCC(C)C)c4nsnc34)cc21. The highest BCUT2D eigenvalue weighted by Gasteiger charge is 2.49. The molecule has 0 aliphatic carbocycles. The average molecular weight is 1560 g/mol. The Labute approximate surface area is 629 Å². The molecule has 1 aromatic carbocycles. The molecular weight excluding hydrogens is 1430 g/mol. The van der Waals surface area contributed by atoms with Crippen molar-refractivity contribution in [3.63, 3.8) is 0 Å². The number of hydrogen-bond acceptors (Lipinski definition) is 9. The van der Waals surface area contributed by atoms with Gasteiger partial charge in [0, 0.05) is 33.7 Å². The van der Waals surface area contributed by atoms with Crippen molar-refractivity contribution in [3.8, 4) is 20.9 Å². The van der Waals surface area contributed by atoms with E-state index in [2.05, 4.69) is 155 Å². The van der Waals surface area contributed by atoms with Crippen LogP contribution in [0.5, 0.6) is 0 Å². The first-order chi connectivity index (χ1) is 46.2. The topological polar surface area (TPSA) is 44.2 Å². The zero-order valence-electron chi connectivity index (χ0n) is 63.5. The number of alkyl halides is 2. The van der Waals surface area contributed by atoms with Gasteiger partial charge in [-0.3, -0.25) is 0 Å². The molecule has 10 unspecified atom stereocenters. The van der Waals surface area contributed by atoms with E-state index in [-0.39, 0.29) is 19.4 Å². The highest BCUT2D eigenvalue weighted by Crippen LogP contribution is 2.63. The van der Waals surface area contributed by atoms with E-state index in [1.807, 2.05) is 23.5 Å². The van der Waals surface area contributed by atoms with Crippen LogP contribution in [0.3, 0.4) is 0 Å². The summed E-state index contributed by atoms with van der Waals surface area (Å²) < 4.78 is 62.1. The molecule has 4 aliphatic rings. The summed E-state index contributed by atoms with van der Waals surface area (Å²) in [4.78, 5) is 6.07. The van der Waals surface area contributed by atoms with Crippen molar-refractivity contribution in [2.75, 3.05) is 0 Å². The molecule has 0 fully saturated rings. The van der Waals surface area contributed by atoms with E-state index in [1.165, 1.54) is 164 Å². The van der Waals surface area contributed by atoms with Gasteiger partial charge in [-0.05, 0) is 135 Å². The minimum atomic E-state index is -0.832. The van der Waals surface area contributed by atoms with Gasteiger partial charge in [0.05, 0.1) is 50.7 Å². The van der Waals surface area contributed by atoms with Gasteiger partial charge in [-0.25, -0.2) is 8.78 Å². The number of thiophene rings is 2. The lowest BCUT2D eigenvalue weighted by molar-refractivity contribution is -0.0317. The van der Waals surface area contributed by atoms with Crippen LogP contribution in [-0.2, 0) is 20.7 Å². The molecule has 0 saturated heterocycles. The summed E-state index contributed by atoms with van der Waals surface area (Å²) >= 11 is 16.0. The number of fused-ring (bicyclic) bond motifs is 5. The smallest absolute Gasteiger partial charge is 0.170 e. The number of allylic oxidation sites excluding steroid dienone is 2. The van der Waals surface area contributed by atoms with Gasteiger partial charge < -0.3 is 9.47 Å². The van der Waals surface area contributed by atoms with Crippen molar-refractivity contribution in [1.82, 2.24) is 8.75 Å². The molecule has 0 N–H and O–H groups in total. The van der Waals surface area contributed by atoms with Crippen molar-refractivity contribution >= 4 is 111 Å². The molecule has 3 aromatic heterocycles. The number of aromatic nitrogens is 2. The highest BCUT2D eigenvalue weighted by atomic mass is 79.9. The molecule has 548 valence electrons. The molecule has 13 heteroatoms. The highest BCUT2D eigenvalue weighted by molar-refractivity contribution is 9.11. The van der Waals surface area contributed by atoms with E-state index in [1.54, 1.807) is 22.7 Å². The second-order valence-electron chi connectivity index (χ2n) is 34.2. The van der Waals surface area contributed by atoms with E-state index in [0.29, 0.717) is 44.5 Å². The standard InChI is InChI=1S/C84H132Br2F2N2O2S5/c1-53(2)25-17-29-57(9)33-21-37-61(13)41-45-83(46-42-62(14)38-22-34-58(10)30-18-26-54(3)4)65-49-69(93-79(65)81-67(91-83)51-71(85)95-81)73-75(87)76(88)74(78-77(73)89-97-90-78)70-50-66-80(94-70)82-68(52-72(86)96-82)92-84(66,47-43-63(15)39-23-35-59(11)31-19-27-55(5)6)48-44-64(16)40-24-36-60(12)32-20-28-56(7)8/h49-50,53-64,71-72H,17-48,51-52H2,1-16H3. The van der Waals surface area contributed by atoms with Crippen molar-refractivity contribution in [3.05, 3.63) is 56.2 Å². The lowest BCUT2D eigenvalue weighted by Gasteiger charge is -2.40. The Bertz CT molecular complexity index is 2830. The van der Waals surface area contributed by atoms with Crippen molar-refractivity contribution < 1.29 is 18.3 Å². The lowest BCUT2D eigenvalue weighted by Crippen LogP contribution is -2.33. The van der Waals surface area contributed by atoms with Crippen LogP contribution in [0.25, 0.3) is 41.7 Å². The first kappa shape index (κ1) is 81.7. The van der Waals surface area contributed by atoms with Gasteiger partial charge in [-0.1, -0.05) is 297 Å². The van der Waals surface area contributed by atoms with E-state index in [4.69, 9.17) is 18.2 Å². The number of thioether (sulfide) groups is 2. The number of hydrogen-bond donors (Lipinski definition) is 0. The van der Waals surface area contributed by atoms with Crippen molar-refractivity contribution in [1.29, 1.82) is 0 Å². The molecule has 0 bridgehead atoms. The van der Waals surface area contributed by atoms with Gasteiger partial charge in [-0.15, -0.1) is 46.2 Å². The summed E-state index contributed by atoms with van der Waals surface area (Å²) in [6.45, 7) is 38.4. The van der Waals surface area contributed by atoms with E-state index in [0.717, 1.165) is 156 Å². The molecule has 0 saturated carbocycles. The third-order valence-corrected chi connectivity index (χ3v) is 30.0. The summed E-state index contributed by atoms with van der Waals surface area (Å²) in [5, 5.41) is 0. The molecule has 10 atom stereocenters. The number of ether oxygens (including phenoxy) is 2. The fraction of sp³-hybridized carbons (Fsp3) is 0.786. The molecule has 0 radical (unpaired) electrons. The predicted molar refractivity (Wildman–Crippen MR) is 434 cm³/mol. The van der Waals surface area contributed by atoms with Crippen LogP contribution in [0.4, 0.5) is 8.78 Å². The second-order valence-corrected chi connectivity index (χ2v) is 42.7. The molecule has 0 spiro atoms. The zero-order valence-corrected chi connectivity index (χ0v) is 70.8. The maximum atomic E-state index is 18.3. The second kappa shape index (κ2) is 39.4. The summed E-state index contributed by atoms with van der Waals surface area (Å²) in [7, 11) is 0. The van der Waals surface area contributed by atoms with Crippen LogP contribution in [0.15, 0.2) is 23.7 Å². The third kappa shape index (κ3) is 23.5. The van der Waals surface area contributed by atoms with Crippen molar-refractivity contribution in [2.24, 2.45) is 71.0 Å². The predicted octanol–water partition coefficient (Wildman–Crippen LogP) is 31.1. The number of rotatable bonds is 46. The molecule has 4 aromatic rings. The van der Waals surface area contributed by atoms with Gasteiger partial charge >= 0.3 is 0 Å². The maximum absolute atomic E-state index is 18.3. The molecular formula is C84H132Br2F2N2O2S5. The Hall–Kier alpha value is -0.960. The van der Waals surface area contributed by atoms with Gasteiger partial charge in [0.2, 0.25) is 0 Å². The van der Waals surface area contributed by atoms with Gasteiger partial charge in [-0.2, -0.15) is 8.75 Å². The molecule has 4 aliphatic heterocycles. The van der Waals surface area contributed by atoms with Gasteiger partial charge in [0.25, 0.3) is 0 Å². The zero-order chi connectivity index (χ0) is 70.1. The van der Waals surface area contributed by atoms with Crippen LogP contribution in [0.2, 0.25) is 0 Å². The average Bonchev–Trinajstić information content (AvgIpc) is 1.59. The fourth-order valence-corrected chi connectivity index (χ4v) is 23.6. The molecule has 7 heterocycles. The van der Waals surface area contributed by atoms with E-state index >= 15 is 8.78 Å². The fourth-order valence-electron chi connectivity index (χ4n) is 16.3. The minimum absolute atomic E-state index is 0.186. The number of halogens is 4.